The second-order valence-electron chi connectivity index (χ2n) is 3.51. The highest BCUT2D eigenvalue weighted by Crippen LogP contribution is 1.99. The van der Waals surface area contributed by atoms with Gasteiger partial charge in [-0.05, 0) is 26.3 Å². The Hall–Kier alpha value is -0.750. The van der Waals surface area contributed by atoms with Gasteiger partial charge in [-0.25, -0.2) is 8.78 Å². The van der Waals surface area contributed by atoms with Crippen LogP contribution in [-0.2, 0) is 14.3 Å². The van der Waals surface area contributed by atoms with Crippen LogP contribution in [0.1, 0.15) is 26.7 Å². The topological polar surface area (TPSA) is 47.6 Å². The average molecular weight is 253 g/mol. The maximum absolute atomic E-state index is 11.8. The zero-order chi connectivity index (χ0) is 13.1. The summed E-state index contributed by atoms with van der Waals surface area (Å²) in [4.78, 5) is 11.5. The van der Waals surface area contributed by atoms with Gasteiger partial charge in [-0.15, -0.1) is 0 Å². The quantitative estimate of drug-likeness (QED) is 0.474. The van der Waals surface area contributed by atoms with Gasteiger partial charge >= 0.3 is 5.97 Å². The van der Waals surface area contributed by atoms with Gasteiger partial charge in [0.1, 0.15) is 12.6 Å². The lowest BCUT2D eigenvalue weighted by molar-refractivity contribution is -0.146. The molecule has 1 unspecified atom stereocenters. The third-order valence-corrected chi connectivity index (χ3v) is 2.01. The molecule has 17 heavy (non-hydrogen) atoms. The largest absolute Gasteiger partial charge is 0.465 e. The number of carbonyl (C=O) groups is 1. The summed E-state index contributed by atoms with van der Waals surface area (Å²) in [5, 5.41) is 3.00. The van der Waals surface area contributed by atoms with Gasteiger partial charge in [-0.1, -0.05) is 6.92 Å². The summed E-state index contributed by atoms with van der Waals surface area (Å²) in [6, 6.07) is -0.479. The minimum atomic E-state index is -2.47. The molecule has 0 rings (SSSR count). The van der Waals surface area contributed by atoms with Crippen LogP contribution in [0, 0.1) is 0 Å². The van der Waals surface area contributed by atoms with Crippen LogP contribution in [0.15, 0.2) is 0 Å². The van der Waals surface area contributed by atoms with Gasteiger partial charge in [0, 0.05) is 6.61 Å². The highest BCUT2D eigenvalue weighted by atomic mass is 19.3. The smallest absolute Gasteiger partial charge is 0.323 e. The van der Waals surface area contributed by atoms with E-state index in [1.54, 1.807) is 6.92 Å². The van der Waals surface area contributed by atoms with Crippen LogP contribution in [0.2, 0.25) is 0 Å². The third kappa shape index (κ3) is 9.00. The first-order valence-corrected chi connectivity index (χ1v) is 5.87. The normalized spacial score (nSPS) is 12.8. The molecule has 0 aliphatic heterocycles. The maximum atomic E-state index is 11.8. The third-order valence-electron chi connectivity index (χ3n) is 2.01. The van der Waals surface area contributed by atoms with E-state index >= 15 is 0 Å². The molecule has 0 aliphatic rings. The lowest BCUT2D eigenvalue weighted by Crippen LogP contribution is -2.39. The van der Waals surface area contributed by atoms with Gasteiger partial charge in [-0.2, -0.15) is 0 Å². The van der Waals surface area contributed by atoms with E-state index in [1.807, 2.05) is 6.92 Å². The Bertz CT molecular complexity index is 203. The van der Waals surface area contributed by atoms with Crippen molar-refractivity contribution in [2.45, 2.75) is 39.2 Å². The molecule has 102 valence electrons. The van der Waals surface area contributed by atoms with Gasteiger partial charge in [0.2, 0.25) is 0 Å². The van der Waals surface area contributed by atoms with Gasteiger partial charge in [-0.3, -0.25) is 4.79 Å². The molecule has 0 aromatic carbocycles. The molecule has 0 radical (unpaired) electrons. The molecule has 0 aromatic rings. The molecule has 6 heteroatoms. The van der Waals surface area contributed by atoms with Crippen molar-refractivity contribution >= 4 is 5.97 Å². The molecule has 0 spiro atoms. The predicted octanol–water partition coefficient (Wildman–Crippen LogP) is 1.59. The first-order chi connectivity index (χ1) is 8.11. The number of alkyl halides is 2. The van der Waals surface area contributed by atoms with E-state index < -0.39 is 19.1 Å². The molecule has 0 saturated heterocycles. The zero-order valence-electron chi connectivity index (χ0n) is 10.4. The van der Waals surface area contributed by atoms with E-state index in [0.717, 1.165) is 6.42 Å². The average Bonchev–Trinajstić information content (AvgIpc) is 2.28. The summed E-state index contributed by atoms with van der Waals surface area (Å²) in [7, 11) is 0. The summed E-state index contributed by atoms with van der Waals surface area (Å²) in [5.74, 6) is -0.360. The van der Waals surface area contributed by atoms with Crippen molar-refractivity contribution in [1.29, 1.82) is 0 Å². The van der Waals surface area contributed by atoms with Crippen LogP contribution in [0.4, 0.5) is 8.78 Å². The number of halogens is 2. The van der Waals surface area contributed by atoms with Gasteiger partial charge in [0.25, 0.3) is 6.43 Å². The van der Waals surface area contributed by atoms with Crippen molar-refractivity contribution in [3.63, 3.8) is 0 Å². The van der Waals surface area contributed by atoms with Crippen LogP contribution < -0.4 is 5.32 Å². The molecule has 4 nitrogen and oxygen atoms in total. The Morgan fingerprint density at radius 1 is 1.35 bits per heavy atom. The minimum Gasteiger partial charge on any atom is -0.465 e. The molecule has 0 bridgehead atoms. The summed E-state index contributed by atoms with van der Waals surface area (Å²) >= 11 is 0. The summed E-state index contributed by atoms with van der Waals surface area (Å²) in [6.07, 6.45) is -1.25. The van der Waals surface area contributed by atoms with Crippen molar-refractivity contribution in [2.75, 3.05) is 26.4 Å². The number of carbonyl (C=O) groups excluding carboxylic acids is 1. The van der Waals surface area contributed by atoms with Crippen LogP contribution in [-0.4, -0.2) is 44.8 Å². The monoisotopic (exact) mass is 253 g/mol. The Balaban J connectivity index is 3.88. The fourth-order valence-electron chi connectivity index (χ4n) is 1.24. The molecule has 0 amide bonds. The number of hydrogen-bond acceptors (Lipinski definition) is 4. The van der Waals surface area contributed by atoms with Gasteiger partial charge in [0.15, 0.2) is 0 Å². The number of esters is 1. The van der Waals surface area contributed by atoms with Crippen LogP contribution in [0.5, 0.6) is 0 Å². The molecule has 0 saturated carbocycles. The highest BCUT2D eigenvalue weighted by Gasteiger charge is 2.18. The number of ether oxygens (including phenoxy) is 2. The number of nitrogens with one attached hydrogen (secondary N) is 1. The van der Waals surface area contributed by atoms with E-state index in [4.69, 9.17) is 9.47 Å². The molecule has 0 aromatic heterocycles. The second-order valence-corrected chi connectivity index (χ2v) is 3.51. The van der Waals surface area contributed by atoms with E-state index in [2.05, 4.69) is 5.32 Å². The Morgan fingerprint density at radius 2 is 2.06 bits per heavy atom. The maximum Gasteiger partial charge on any atom is 0.323 e. The fourth-order valence-corrected chi connectivity index (χ4v) is 1.24. The Kier molecular flexibility index (Phi) is 9.95. The van der Waals surface area contributed by atoms with E-state index in [-0.39, 0.29) is 12.6 Å². The standard InChI is InChI=1S/C11H21F2NO3/c1-3-6-14-9(11(15)17-4-2)5-7-16-8-10(12)13/h9-10,14H,3-8H2,1-2H3. The molecule has 0 aliphatic carbocycles. The van der Waals surface area contributed by atoms with Crippen molar-refractivity contribution in [3.8, 4) is 0 Å². The number of hydrogen-bond donors (Lipinski definition) is 1. The van der Waals surface area contributed by atoms with Crippen molar-refractivity contribution in [1.82, 2.24) is 5.32 Å². The van der Waals surface area contributed by atoms with Crippen LogP contribution in [0.25, 0.3) is 0 Å². The Labute approximate surface area is 101 Å². The summed E-state index contributed by atoms with van der Waals surface area (Å²) < 4.78 is 33.2. The molecule has 1 N–H and O–H groups in total. The predicted molar refractivity (Wildman–Crippen MR) is 60.2 cm³/mol. The first kappa shape index (κ1) is 16.2. The fraction of sp³-hybridized carbons (Fsp3) is 0.909. The van der Waals surface area contributed by atoms with E-state index in [9.17, 15) is 13.6 Å². The van der Waals surface area contributed by atoms with Crippen molar-refractivity contribution in [3.05, 3.63) is 0 Å². The van der Waals surface area contributed by atoms with E-state index in [1.165, 1.54) is 0 Å². The van der Waals surface area contributed by atoms with Gasteiger partial charge in [0.05, 0.1) is 6.61 Å². The van der Waals surface area contributed by atoms with Crippen molar-refractivity contribution in [2.24, 2.45) is 0 Å². The zero-order valence-corrected chi connectivity index (χ0v) is 10.4. The van der Waals surface area contributed by atoms with Gasteiger partial charge < -0.3 is 14.8 Å². The summed E-state index contributed by atoms with van der Waals surface area (Å²) in [5.41, 5.74) is 0. The van der Waals surface area contributed by atoms with Crippen LogP contribution >= 0.6 is 0 Å². The molecule has 1 atom stereocenters. The first-order valence-electron chi connectivity index (χ1n) is 5.87. The molecule has 0 heterocycles. The molecule has 0 fully saturated rings. The minimum absolute atomic E-state index is 0.116. The highest BCUT2D eigenvalue weighted by molar-refractivity contribution is 5.75. The number of rotatable bonds is 10. The molecular formula is C11H21F2NO3. The lowest BCUT2D eigenvalue weighted by atomic mass is 10.2. The lowest BCUT2D eigenvalue weighted by Gasteiger charge is -2.16. The van der Waals surface area contributed by atoms with Crippen molar-refractivity contribution < 1.29 is 23.0 Å². The Morgan fingerprint density at radius 3 is 2.59 bits per heavy atom. The summed E-state index contributed by atoms with van der Waals surface area (Å²) in [6.45, 7) is 4.21. The van der Waals surface area contributed by atoms with E-state index in [0.29, 0.717) is 19.6 Å². The second kappa shape index (κ2) is 10.4. The van der Waals surface area contributed by atoms with Crippen LogP contribution in [0.3, 0.4) is 0 Å². The SMILES string of the molecule is CCCNC(CCOCC(F)F)C(=O)OCC. The molecular weight excluding hydrogens is 232 g/mol.